The van der Waals surface area contributed by atoms with Crippen molar-refractivity contribution in [3.8, 4) is 5.75 Å². The van der Waals surface area contributed by atoms with Gasteiger partial charge in [-0.2, -0.15) is 5.10 Å². The van der Waals surface area contributed by atoms with E-state index < -0.39 is 42.2 Å². The fourth-order valence-electron chi connectivity index (χ4n) is 4.49. The lowest BCUT2D eigenvalue weighted by Gasteiger charge is -2.23. The van der Waals surface area contributed by atoms with E-state index in [1.54, 1.807) is 13.2 Å². The van der Waals surface area contributed by atoms with Crippen LogP contribution in [0.5, 0.6) is 5.75 Å². The lowest BCUT2D eigenvalue weighted by atomic mass is 9.97. The van der Waals surface area contributed by atoms with Crippen LogP contribution in [0.15, 0.2) is 30.6 Å². The minimum Gasteiger partial charge on any atom is -0.494 e. The number of carboxylic acid groups (broad SMARTS) is 1. The summed E-state index contributed by atoms with van der Waals surface area (Å²) in [5, 5.41) is 24.4. The van der Waals surface area contributed by atoms with Crippen LogP contribution < -0.4 is 26.0 Å². The third-order valence-corrected chi connectivity index (χ3v) is 6.65. The highest BCUT2D eigenvalue weighted by Crippen LogP contribution is 2.20. The van der Waals surface area contributed by atoms with Crippen molar-refractivity contribution in [3.05, 3.63) is 47.3 Å². The molecule has 1 fully saturated rings. The molecular weight excluding hydrogens is 504 g/mol. The average Bonchev–Trinajstić information content (AvgIpc) is 3.32. The molecule has 12 heteroatoms. The highest BCUT2D eigenvalue weighted by molar-refractivity contribution is 5.94. The first-order valence-corrected chi connectivity index (χ1v) is 13.1. The molecule has 0 spiro atoms. The van der Waals surface area contributed by atoms with Crippen molar-refractivity contribution >= 4 is 23.7 Å². The predicted octanol–water partition coefficient (Wildman–Crippen LogP) is 0.950. The molecule has 12 nitrogen and oxygen atoms in total. The molecule has 39 heavy (non-hydrogen) atoms. The maximum atomic E-state index is 13.3. The Morgan fingerprint density at radius 3 is 2.67 bits per heavy atom. The van der Waals surface area contributed by atoms with Crippen molar-refractivity contribution in [1.29, 1.82) is 0 Å². The monoisotopic (exact) mass is 542 g/mol. The Hall–Kier alpha value is -3.93. The third-order valence-electron chi connectivity index (χ3n) is 6.65. The molecule has 0 aliphatic carbocycles. The molecule has 3 rings (SSSR count). The quantitative estimate of drug-likeness (QED) is 0.250. The van der Waals surface area contributed by atoms with Crippen molar-refractivity contribution in [3.63, 3.8) is 0 Å². The van der Waals surface area contributed by atoms with Crippen LogP contribution >= 0.6 is 0 Å². The molecule has 2 heterocycles. The highest BCUT2D eigenvalue weighted by Gasteiger charge is 2.29. The van der Waals surface area contributed by atoms with Gasteiger partial charge in [-0.3, -0.25) is 23.9 Å². The first-order valence-electron chi connectivity index (χ1n) is 13.1. The second kappa shape index (κ2) is 14.3. The van der Waals surface area contributed by atoms with Crippen LogP contribution in [0, 0.1) is 12.8 Å². The molecule has 1 aromatic carbocycles. The Bertz CT molecular complexity index is 1140. The zero-order valence-electron chi connectivity index (χ0n) is 22.7. The van der Waals surface area contributed by atoms with E-state index in [-0.39, 0.29) is 6.54 Å². The number of carbonyl (C=O) groups is 4. The standard InChI is InChI=1S/C27H38N6O6/c1-17-6-7-22(39-10-8-19-5-4-9-28-13-19)11-20(17)14-29-27(38)25(21-15-30-33(3)16-21)32-26(37)23(12-24(35)36)31-18(2)34/h6-7,11,15-16,19,23,25,28H,4-5,8-10,12-14H2,1-3H3,(H,29,38)(H,31,34)(H,32,37)(H,35,36)/t19?,23-,25?/m0/s1. The lowest BCUT2D eigenvalue weighted by molar-refractivity contribution is -0.140. The van der Waals surface area contributed by atoms with Gasteiger partial charge in [-0.25, -0.2) is 0 Å². The molecule has 1 aromatic heterocycles. The number of benzene rings is 1. The largest absolute Gasteiger partial charge is 0.494 e. The number of piperidine rings is 1. The number of rotatable bonds is 13. The van der Waals surface area contributed by atoms with E-state index >= 15 is 0 Å². The Kier molecular flexibility index (Phi) is 10.9. The Morgan fingerprint density at radius 1 is 1.23 bits per heavy atom. The molecule has 0 radical (unpaired) electrons. The molecule has 1 aliphatic heterocycles. The van der Waals surface area contributed by atoms with E-state index in [9.17, 15) is 19.2 Å². The number of hydrogen-bond acceptors (Lipinski definition) is 7. The minimum atomic E-state index is -1.34. The van der Waals surface area contributed by atoms with Gasteiger partial charge in [0.2, 0.25) is 17.7 Å². The van der Waals surface area contributed by atoms with Crippen LogP contribution in [0.3, 0.4) is 0 Å². The van der Waals surface area contributed by atoms with Gasteiger partial charge in [0, 0.05) is 32.3 Å². The van der Waals surface area contributed by atoms with Gasteiger partial charge in [-0.05, 0) is 68.5 Å². The van der Waals surface area contributed by atoms with E-state index in [4.69, 9.17) is 9.84 Å². The number of nitrogens with zero attached hydrogens (tertiary/aromatic N) is 2. The zero-order chi connectivity index (χ0) is 28.4. The van der Waals surface area contributed by atoms with E-state index in [1.165, 1.54) is 30.6 Å². The first-order chi connectivity index (χ1) is 18.6. The number of aliphatic carboxylic acids is 1. The Balaban J connectivity index is 1.65. The zero-order valence-corrected chi connectivity index (χ0v) is 22.7. The molecule has 1 saturated heterocycles. The van der Waals surface area contributed by atoms with Crippen LogP contribution in [0.25, 0.3) is 0 Å². The third kappa shape index (κ3) is 9.40. The molecule has 2 unspecified atom stereocenters. The van der Waals surface area contributed by atoms with Crippen LogP contribution in [-0.4, -0.2) is 64.3 Å². The first kappa shape index (κ1) is 29.6. The van der Waals surface area contributed by atoms with E-state index in [0.717, 1.165) is 36.4 Å². The van der Waals surface area contributed by atoms with Gasteiger partial charge in [0.1, 0.15) is 17.8 Å². The molecular formula is C27H38N6O6. The number of amides is 3. The number of ether oxygens (including phenoxy) is 1. The number of aryl methyl sites for hydroxylation is 2. The molecule has 3 amide bonds. The normalized spacial score (nSPS) is 16.5. The summed E-state index contributed by atoms with van der Waals surface area (Å²) in [6, 6.07) is 3.24. The molecule has 212 valence electrons. The summed E-state index contributed by atoms with van der Waals surface area (Å²) in [7, 11) is 1.67. The summed E-state index contributed by atoms with van der Waals surface area (Å²) in [6.45, 7) is 6.01. The topological polar surface area (TPSA) is 164 Å². The summed E-state index contributed by atoms with van der Waals surface area (Å²) in [5.41, 5.74) is 2.23. The van der Waals surface area contributed by atoms with Gasteiger partial charge in [-0.15, -0.1) is 0 Å². The summed E-state index contributed by atoms with van der Waals surface area (Å²) in [6.07, 6.45) is 5.76. The fourth-order valence-corrected chi connectivity index (χ4v) is 4.49. The number of nitrogens with one attached hydrogen (secondary N) is 4. The molecule has 0 saturated carbocycles. The van der Waals surface area contributed by atoms with Crippen molar-refractivity contribution in [2.45, 2.75) is 58.2 Å². The van der Waals surface area contributed by atoms with Gasteiger partial charge in [0.25, 0.3) is 0 Å². The second-order valence-corrected chi connectivity index (χ2v) is 9.90. The summed E-state index contributed by atoms with van der Waals surface area (Å²) in [4.78, 5) is 48.9. The number of carbonyl (C=O) groups excluding carboxylic acids is 3. The molecule has 1 aliphatic rings. The maximum absolute atomic E-state index is 13.3. The van der Waals surface area contributed by atoms with Gasteiger partial charge >= 0.3 is 5.97 Å². The predicted molar refractivity (Wildman–Crippen MR) is 143 cm³/mol. The van der Waals surface area contributed by atoms with Gasteiger partial charge in [0.15, 0.2) is 0 Å². The Morgan fingerprint density at radius 2 is 2.03 bits per heavy atom. The second-order valence-electron chi connectivity index (χ2n) is 9.90. The molecule has 3 atom stereocenters. The number of carboxylic acids is 1. The van der Waals surface area contributed by atoms with Crippen LogP contribution in [-0.2, 0) is 32.8 Å². The maximum Gasteiger partial charge on any atom is 0.305 e. The minimum absolute atomic E-state index is 0.186. The van der Waals surface area contributed by atoms with E-state index in [0.29, 0.717) is 18.1 Å². The van der Waals surface area contributed by atoms with Gasteiger partial charge in [-0.1, -0.05) is 6.07 Å². The SMILES string of the molecule is CC(=O)N[C@@H](CC(=O)O)C(=O)NC(C(=O)NCc1cc(OCCC2CCCNC2)ccc1C)c1cnn(C)c1. The van der Waals surface area contributed by atoms with Crippen LogP contribution in [0.2, 0.25) is 0 Å². The van der Waals surface area contributed by atoms with Gasteiger partial charge < -0.3 is 31.1 Å². The summed E-state index contributed by atoms with van der Waals surface area (Å²) in [5.74, 6) is -1.80. The average molecular weight is 543 g/mol. The van der Waals surface area contributed by atoms with E-state index in [1.807, 2.05) is 25.1 Å². The fraction of sp³-hybridized carbons (Fsp3) is 0.519. The molecule has 5 N–H and O–H groups in total. The Labute approximate surface area is 227 Å². The smallest absolute Gasteiger partial charge is 0.305 e. The number of aromatic nitrogens is 2. The lowest BCUT2D eigenvalue weighted by Crippen LogP contribution is -2.50. The van der Waals surface area contributed by atoms with Crippen LogP contribution in [0.4, 0.5) is 0 Å². The van der Waals surface area contributed by atoms with Gasteiger partial charge in [0.05, 0.1) is 19.2 Å². The molecule has 2 aromatic rings. The van der Waals surface area contributed by atoms with Crippen molar-refractivity contribution in [2.75, 3.05) is 19.7 Å². The van der Waals surface area contributed by atoms with Crippen molar-refractivity contribution in [1.82, 2.24) is 31.0 Å². The summed E-state index contributed by atoms with van der Waals surface area (Å²) < 4.78 is 7.47. The van der Waals surface area contributed by atoms with Crippen molar-refractivity contribution < 1.29 is 29.0 Å². The van der Waals surface area contributed by atoms with E-state index in [2.05, 4.69) is 26.4 Å². The summed E-state index contributed by atoms with van der Waals surface area (Å²) >= 11 is 0. The highest BCUT2D eigenvalue weighted by atomic mass is 16.5. The number of hydrogen-bond donors (Lipinski definition) is 5. The van der Waals surface area contributed by atoms with Crippen molar-refractivity contribution in [2.24, 2.45) is 13.0 Å². The van der Waals surface area contributed by atoms with Crippen LogP contribution in [0.1, 0.15) is 55.3 Å². The molecule has 0 bridgehead atoms.